The van der Waals surface area contributed by atoms with Crippen LogP contribution >= 0.6 is 0 Å². The Morgan fingerprint density at radius 2 is 2.36 bits per heavy atom. The number of hydrogen-bond donors (Lipinski definition) is 0. The first-order chi connectivity index (χ1) is 6.77. The highest BCUT2D eigenvalue weighted by molar-refractivity contribution is 5.22. The maximum Gasteiger partial charge on any atom is 0.0550 e. The average Bonchev–Trinajstić information content (AvgIpc) is 2.71. The topological polar surface area (TPSA) is 22.1 Å². The molecule has 0 radical (unpaired) electrons. The van der Waals surface area contributed by atoms with Crippen molar-refractivity contribution in [3.8, 4) is 0 Å². The predicted octanol–water partition coefficient (Wildman–Crippen LogP) is 2.71. The SMILES string of the molecule is CC(C)c1ccnc([C@H]2CCOC2)c1. The molecule has 1 aliphatic rings. The van der Waals surface area contributed by atoms with Crippen molar-refractivity contribution >= 4 is 0 Å². The minimum absolute atomic E-state index is 0.522. The van der Waals surface area contributed by atoms with Gasteiger partial charge in [-0.25, -0.2) is 0 Å². The largest absolute Gasteiger partial charge is 0.381 e. The number of pyridine rings is 1. The third-order valence-corrected chi connectivity index (χ3v) is 2.82. The van der Waals surface area contributed by atoms with Gasteiger partial charge >= 0.3 is 0 Å². The number of ether oxygens (including phenoxy) is 1. The van der Waals surface area contributed by atoms with Crippen LogP contribution in [0, 0.1) is 0 Å². The molecule has 2 heterocycles. The predicted molar refractivity (Wildman–Crippen MR) is 56.5 cm³/mol. The van der Waals surface area contributed by atoms with Crippen molar-refractivity contribution < 1.29 is 4.74 Å². The number of rotatable bonds is 2. The molecule has 2 heteroatoms. The van der Waals surface area contributed by atoms with Crippen molar-refractivity contribution in [2.24, 2.45) is 0 Å². The summed E-state index contributed by atoms with van der Waals surface area (Å²) in [6.07, 6.45) is 3.04. The Hall–Kier alpha value is -0.890. The number of aromatic nitrogens is 1. The second kappa shape index (κ2) is 4.09. The van der Waals surface area contributed by atoms with Crippen molar-refractivity contribution in [3.05, 3.63) is 29.6 Å². The fourth-order valence-corrected chi connectivity index (χ4v) is 1.82. The van der Waals surface area contributed by atoms with Crippen LogP contribution in [0.25, 0.3) is 0 Å². The third kappa shape index (κ3) is 1.95. The van der Waals surface area contributed by atoms with E-state index in [2.05, 4.69) is 31.0 Å². The lowest BCUT2D eigenvalue weighted by Crippen LogP contribution is -2.02. The molecule has 2 rings (SSSR count). The van der Waals surface area contributed by atoms with Gasteiger partial charge in [0.2, 0.25) is 0 Å². The van der Waals surface area contributed by atoms with Crippen LogP contribution in [0.1, 0.15) is 43.4 Å². The van der Waals surface area contributed by atoms with E-state index in [1.807, 2.05) is 6.20 Å². The second-order valence-corrected chi connectivity index (χ2v) is 4.23. The first-order valence-electron chi connectivity index (χ1n) is 5.31. The summed E-state index contributed by atoms with van der Waals surface area (Å²) in [5.74, 6) is 1.10. The summed E-state index contributed by atoms with van der Waals surface area (Å²) < 4.78 is 5.37. The molecular formula is C12H17NO. The Balaban J connectivity index is 2.21. The maximum atomic E-state index is 5.37. The van der Waals surface area contributed by atoms with Crippen LogP contribution in [0.15, 0.2) is 18.3 Å². The van der Waals surface area contributed by atoms with Gasteiger partial charge in [0.1, 0.15) is 0 Å². The fourth-order valence-electron chi connectivity index (χ4n) is 1.82. The van der Waals surface area contributed by atoms with Crippen molar-refractivity contribution in [2.45, 2.75) is 32.1 Å². The third-order valence-electron chi connectivity index (χ3n) is 2.82. The number of nitrogens with zero attached hydrogens (tertiary/aromatic N) is 1. The highest BCUT2D eigenvalue weighted by Gasteiger charge is 2.19. The van der Waals surface area contributed by atoms with Crippen LogP contribution in [-0.4, -0.2) is 18.2 Å². The zero-order valence-electron chi connectivity index (χ0n) is 8.86. The molecular weight excluding hydrogens is 174 g/mol. The van der Waals surface area contributed by atoms with E-state index in [0.717, 1.165) is 19.6 Å². The molecule has 1 aliphatic heterocycles. The highest BCUT2D eigenvalue weighted by Crippen LogP contribution is 2.25. The summed E-state index contributed by atoms with van der Waals surface area (Å²) in [5, 5.41) is 0. The molecule has 0 aromatic carbocycles. The van der Waals surface area contributed by atoms with Crippen LogP contribution in [0.2, 0.25) is 0 Å². The molecule has 2 nitrogen and oxygen atoms in total. The summed E-state index contributed by atoms with van der Waals surface area (Å²) in [6.45, 7) is 6.15. The van der Waals surface area contributed by atoms with Gasteiger partial charge in [0.05, 0.1) is 6.61 Å². The molecule has 0 amide bonds. The van der Waals surface area contributed by atoms with Gasteiger partial charge in [-0.2, -0.15) is 0 Å². The monoisotopic (exact) mass is 191 g/mol. The average molecular weight is 191 g/mol. The lowest BCUT2D eigenvalue weighted by molar-refractivity contribution is 0.193. The van der Waals surface area contributed by atoms with Gasteiger partial charge in [-0.15, -0.1) is 0 Å². The summed E-state index contributed by atoms with van der Waals surface area (Å²) in [6, 6.07) is 4.33. The first kappa shape index (κ1) is 9.66. The Kier molecular flexibility index (Phi) is 2.82. The zero-order valence-corrected chi connectivity index (χ0v) is 8.86. The first-order valence-corrected chi connectivity index (χ1v) is 5.31. The fraction of sp³-hybridized carbons (Fsp3) is 0.583. The van der Waals surface area contributed by atoms with Crippen molar-refractivity contribution in [3.63, 3.8) is 0 Å². The molecule has 1 aromatic heterocycles. The molecule has 0 N–H and O–H groups in total. The van der Waals surface area contributed by atoms with E-state index >= 15 is 0 Å². The van der Waals surface area contributed by atoms with Crippen LogP contribution in [0.4, 0.5) is 0 Å². The van der Waals surface area contributed by atoms with Crippen LogP contribution in [-0.2, 0) is 4.74 Å². The normalized spacial score (nSPS) is 21.8. The van der Waals surface area contributed by atoms with Crippen molar-refractivity contribution in [1.29, 1.82) is 0 Å². The standard InChI is InChI=1S/C12H17NO/c1-9(2)10-3-5-13-12(7-10)11-4-6-14-8-11/h3,5,7,9,11H,4,6,8H2,1-2H3/t11-/m0/s1. The van der Waals surface area contributed by atoms with E-state index in [-0.39, 0.29) is 0 Å². The Morgan fingerprint density at radius 1 is 1.50 bits per heavy atom. The smallest absolute Gasteiger partial charge is 0.0550 e. The highest BCUT2D eigenvalue weighted by atomic mass is 16.5. The molecule has 0 aliphatic carbocycles. The van der Waals surface area contributed by atoms with E-state index in [1.54, 1.807) is 0 Å². The molecule has 76 valence electrons. The van der Waals surface area contributed by atoms with Crippen molar-refractivity contribution in [2.75, 3.05) is 13.2 Å². The van der Waals surface area contributed by atoms with Crippen LogP contribution < -0.4 is 0 Å². The van der Waals surface area contributed by atoms with Crippen molar-refractivity contribution in [1.82, 2.24) is 4.98 Å². The van der Waals surface area contributed by atoms with E-state index in [0.29, 0.717) is 11.8 Å². The molecule has 1 saturated heterocycles. The van der Waals surface area contributed by atoms with E-state index in [1.165, 1.54) is 11.3 Å². The van der Waals surface area contributed by atoms with Gasteiger partial charge in [-0.05, 0) is 30.0 Å². The minimum atomic E-state index is 0.522. The van der Waals surface area contributed by atoms with Gasteiger partial charge in [-0.1, -0.05) is 13.8 Å². The van der Waals surface area contributed by atoms with E-state index in [9.17, 15) is 0 Å². The second-order valence-electron chi connectivity index (χ2n) is 4.23. The summed E-state index contributed by atoms with van der Waals surface area (Å²) in [5.41, 5.74) is 2.58. The molecule has 0 unspecified atom stereocenters. The van der Waals surface area contributed by atoms with Crippen LogP contribution in [0.5, 0.6) is 0 Å². The molecule has 0 spiro atoms. The minimum Gasteiger partial charge on any atom is -0.381 e. The van der Waals surface area contributed by atoms with Crippen LogP contribution in [0.3, 0.4) is 0 Å². The Bertz CT molecular complexity index is 303. The van der Waals surface area contributed by atoms with Gasteiger partial charge < -0.3 is 4.74 Å². The van der Waals surface area contributed by atoms with Gasteiger partial charge in [0.25, 0.3) is 0 Å². The molecule has 1 fully saturated rings. The Labute approximate surface area is 85.3 Å². The van der Waals surface area contributed by atoms with E-state index < -0.39 is 0 Å². The summed E-state index contributed by atoms with van der Waals surface area (Å²) in [7, 11) is 0. The Morgan fingerprint density at radius 3 is 3.00 bits per heavy atom. The lowest BCUT2D eigenvalue weighted by Gasteiger charge is -2.10. The van der Waals surface area contributed by atoms with Gasteiger partial charge in [-0.3, -0.25) is 4.98 Å². The van der Waals surface area contributed by atoms with Gasteiger partial charge in [0, 0.05) is 24.4 Å². The molecule has 1 aromatic rings. The number of hydrogen-bond acceptors (Lipinski definition) is 2. The lowest BCUT2D eigenvalue weighted by atomic mass is 9.98. The molecule has 0 saturated carbocycles. The molecule has 0 bridgehead atoms. The maximum absolute atomic E-state index is 5.37. The molecule has 14 heavy (non-hydrogen) atoms. The zero-order chi connectivity index (χ0) is 9.97. The summed E-state index contributed by atoms with van der Waals surface area (Å²) >= 11 is 0. The van der Waals surface area contributed by atoms with E-state index in [4.69, 9.17) is 4.74 Å². The quantitative estimate of drug-likeness (QED) is 0.717. The van der Waals surface area contributed by atoms with Gasteiger partial charge in [0.15, 0.2) is 0 Å². The molecule has 1 atom stereocenters. The summed E-state index contributed by atoms with van der Waals surface area (Å²) in [4.78, 5) is 4.42.